The number of hydrogen-bond acceptors (Lipinski definition) is 3. The minimum absolute atomic E-state index is 0.227. The Morgan fingerprint density at radius 1 is 0.312 bits per heavy atom. The summed E-state index contributed by atoms with van der Waals surface area (Å²) < 4.78 is 0. The Morgan fingerprint density at radius 3 is 0.938 bits per heavy atom. The Balaban J connectivity index is 4.11. The first-order valence-electron chi connectivity index (χ1n) is 29.8. The number of hydrogen-bond donors (Lipinski definition) is 2. The molecule has 0 bridgehead atoms. The summed E-state index contributed by atoms with van der Waals surface area (Å²) in [5.74, 6) is 0.227. The van der Waals surface area contributed by atoms with E-state index in [1.807, 2.05) is 0 Å². The number of amides is 1. The average molecular weight is 899 g/mol. The molecule has 0 aliphatic heterocycles. The van der Waals surface area contributed by atoms with Crippen molar-refractivity contribution in [2.24, 2.45) is 0 Å². The zero-order valence-electron chi connectivity index (χ0n) is 44.4. The number of carbonyl (C=O) groups is 1. The largest absolute Gasteiger partial charge is 0.315 e. The molecule has 0 spiro atoms. The van der Waals surface area contributed by atoms with Gasteiger partial charge in [0.2, 0.25) is 5.91 Å². The lowest BCUT2D eigenvalue weighted by atomic mass is 10.0. The minimum Gasteiger partial charge on any atom is -0.315 e. The molecule has 4 heteroatoms. The number of carbonyl (C=O) groups excluding carboxylic acids is 1. The summed E-state index contributed by atoms with van der Waals surface area (Å²) in [4.78, 5) is 13.0. The number of nitrogens with one attached hydrogen (secondary N) is 2. The molecule has 0 heterocycles. The fourth-order valence-electron chi connectivity index (χ4n) is 9.21. The molecule has 64 heavy (non-hydrogen) atoms. The van der Waals surface area contributed by atoms with Crippen molar-refractivity contribution in [1.29, 1.82) is 0 Å². The van der Waals surface area contributed by atoms with Crippen molar-refractivity contribution in [1.82, 2.24) is 15.8 Å². The van der Waals surface area contributed by atoms with Crippen LogP contribution in [0.15, 0.2) is 24.3 Å². The van der Waals surface area contributed by atoms with Gasteiger partial charge in [0.15, 0.2) is 0 Å². The molecule has 1 amide bonds. The summed E-state index contributed by atoms with van der Waals surface area (Å²) in [5, 5.41) is 5.93. The molecular weight excluding hydrogens is 779 g/mol. The average Bonchev–Trinajstić information content (AvgIpc) is 3.30. The Bertz CT molecular complexity index is 917. The summed E-state index contributed by atoms with van der Waals surface area (Å²) in [6.07, 6.45) is 74.3. The lowest BCUT2D eigenvalue weighted by molar-refractivity contribution is -0.126. The molecule has 0 fully saturated rings. The van der Waals surface area contributed by atoms with Crippen LogP contribution in [-0.2, 0) is 4.79 Å². The van der Waals surface area contributed by atoms with E-state index >= 15 is 0 Å². The van der Waals surface area contributed by atoms with Gasteiger partial charge in [0.1, 0.15) is 0 Å². The second-order valence-corrected chi connectivity index (χ2v) is 20.3. The first-order chi connectivity index (χ1) is 31.7. The van der Waals surface area contributed by atoms with Crippen molar-refractivity contribution in [2.75, 3.05) is 26.2 Å². The second-order valence-electron chi connectivity index (χ2n) is 20.3. The summed E-state index contributed by atoms with van der Waals surface area (Å²) in [5.41, 5.74) is 3.33. The van der Waals surface area contributed by atoms with Crippen LogP contribution >= 0.6 is 0 Å². The minimum atomic E-state index is 0.227. The van der Waals surface area contributed by atoms with Gasteiger partial charge in [-0.05, 0) is 77.2 Å². The van der Waals surface area contributed by atoms with Gasteiger partial charge in [-0.15, -0.1) is 0 Å². The van der Waals surface area contributed by atoms with Gasteiger partial charge in [-0.25, -0.2) is 5.01 Å². The van der Waals surface area contributed by atoms with Crippen LogP contribution in [0.5, 0.6) is 0 Å². The highest BCUT2D eigenvalue weighted by molar-refractivity contribution is 5.75. The van der Waals surface area contributed by atoms with E-state index in [4.69, 9.17) is 0 Å². The zero-order chi connectivity index (χ0) is 46.2. The third-order valence-corrected chi connectivity index (χ3v) is 13.7. The molecule has 0 aliphatic rings. The van der Waals surface area contributed by atoms with Gasteiger partial charge in [0.25, 0.3) is 0 Å². The van der Waals surface area contributed by atoms with Gasteiger partial charge in [0, 0.05) is 26.1 Å². The van der Waals surface area contributed by atoms with Crippen molar-refractivity contribution in [2.45, 2.75) is 329 Å². The summed E-state index contributed by atoms with van der Waals surface area (Å²) in [7, 11) is 0. The summed E-state index contributed by atoms with van der Waals surface area (Å²) in [6, 6.07) is 0. The van der Waals surface area contributed by atoms with E-state index in [1.165, 1.54) is 295 Å². The molecule has 0 aromatic rings. The molecule has 0 rings (SSSR count). The lowest BCUT2D eigenvalue weighted by Gasteiger charge is -2.23. The highest BCUT2D eigenvalue weighted by Gasteiger charge is 2.09. The molecule has 0 radical (unpaired) electrons. The van der Waals surface area contributed by atoms with Crippen LogP contribution in [0.1, 0.15) is 329 Å². The topological polar surface area (TPSA) is 44.4 Å². The fraction of sp³-hybridized carbons (Fsp3) is 0.917. The van der Waals surface area contributed by atoms with Gasteiger partial charge in [-0.3, -0.25) is 10.2 Å². The first-order valence-corrected chi connectivity index (χ1v) is 29.8. The Kier molecular flexibility index (Phi) is 57.0. The molecule has 0 aliphatic carbocycles. The van der Waals surface area contributed by atoms with E-state index in [-0.39, 0.29) is 5.91 Å². The van der Waals surface area contributed by atoms with Crippen LogP contribution in [0.3, 0.4) is 0 Å². The van der Waals surface area contributed by atoms with E-state index in [9.17, 15) is 4.79 Å². The molecule has 380 valence electrons. The van der Waals surface area contributed by atoms with Crippen LogP contribution in [0.4, 0.5) is 0 Å². The molecular formula is C60H119N3O. The monoisotopic (exact) mass is 898 g/mol. The number of unbranched alkanes of at least 4 members (excludes halogenated alkanes) is 42. The van der Waals surface area contributed by atoms with Crippen LogP contribution in [0, 0.1) is 0 Å². The molecule has 0 unspecified atom stereocenters. The van der Waals surface area contributed by atoms with Crippen LogP contribution in [0.25, 0.3) is 0 Å². The summed E-state index contributed by atoms with van der Waals surface area (Å²) >= 11 is 0. The highest BCUT2D eigenvalue weighted by Crippen LogP contribution is 2.16. The molecule has 0 aromatic carbocycles. The van der Waals surface area contributed by atoms with Gasteiger partial charge in [0.05, 0.1) is 0 Å². The smallest absolute Gasteiger partial charge is 0.234 e. The van der Waals surface area contributed by atoms with E-state index in [2.05, 4.69) is 60.8 Å². The SMILES string of the molecule is CCCCCCCC/C=C\CCCCCCCCNCCN(CCCCCCCC/C=C\CCCCCCCC)NC(=O)CCCCCCCCCCCCCCCCCCCCC. The molecule has 0 saturated heterocycles. The van der Waals surface area contributed by atoms with Gasteiger partial charge < -0.3 is 5.32 Å². The molecule has 0 atom stereocenters. The molecule has 2 N–H and O–H groups in total. The predicted octanol–water partition coefficient (Wildman–Crippen LogP) is 19.8. The van der Waals surface area contributed by atoms with E-state index in [1.54, 1.807) is 0 Å². The van der Waals surface area contributed by atoms with Crippen LogP contribution in [-0.4, -0.2) is 37.1 Å². The maximum absolute atomic E-state index is 13.0. The van der Waals surface area contributed by atoms with E-state index in [0.29, 0.717) is 6.42 Å². The van der Waals surface area contributed by atoms with Crippen molar-refractivity contribution in [3.63, 3.8) is 0 Å². The first kappa shape index (κ1) is 62.9. The highest BCUT2D eigenvalue weighted by atomic mass is 16.2. The number of allylic oxidation sites excluding steroid dienone is 4. The normalized spacial score (nSPS) is 11.9. The molecule has 4 nitrogen and oxygen atoms in total. The van der Waals surface area contributed by atoms with Crippen LogP contribution < -0.4 is 10.7 Å². The quantitative estimate of drug-likeness (QED) is 0.0363. The standard InChI is InChI=1S/C60H119N3O/c1-4-7-10-13-16-19-22-25-28-31-32-33-34-37-40-43-46-49-52-55-60(64)62-63(58-54-51-48-45-42-39-36-30-27-24-21-18-15-12-9-6-3)59-57-61-56-53-50-47-44-41-38-35-29-26-23-20-17-14-11-8-5-2/h26-27,29-30,61H,4-25,28,31-59H2,1-3H3,(H,62,64)/b29-26-,30-27-. The van der Waals surface area contributed by atoms with Crippen molar-refractivity contribution in [3.8, 4) is 0 Å². The third kappa shape index (κ3) is 55.2. The van der Waals surface area contributed by atoms with E-state index in [0.717, 1.165) is 32.6 Å². The van der Waals surface area contributed by atoms with Gasteiger partial charge >= 0.3 is 0 Å². The van der Waals surface area contributed by atoms with Crippen molar-refractivity contribution < 1.29 is 4.79 Å². The van der Waals surface area contributed by atoms with Crippen LogP contribution in [0.2, 0.25) is 0 Å². The summed E-state index contributed by atoms with van der Waals surface area (Å²) in [6.45, 7) is 10.8. The maximum atomic E-state index is 13.0. The van der Waals surface area contributed by atoms with Gasteiger partial charge in [-0.1, -0.05) is 276 Å². The molecule has 0 aromatic heterocycles. The maximum Gasteiger partial charge on any atom is 0.234 e. The number of hydrazine groups is 1. The van der Waals surface area contributed by atoms with Crippen molar-refractivity contribution in [3.05, 3.63) is 24.3 Å². The Hall–Kier alpha value is -1.13. The number of nitrogens with zero attached hydrogens (tertiary/aromatic N) is 1. The van der Waals surface area contributed by atoms with Gasteiger partial charge in [-0.2, -0.15) is 0 Å². The Morgan fingerprint density at radius 2 is 0.594 bits per heavy atom. The lowest BCUT2D eigenvalue weighted by Crippen LogP contribution is -2.46. The third-order valence-electron chi connectivity index (χ3n) is 13.7. The fourth-order valence-corrected chi connectivity index (χ4v) is 9.21. The predicted molar refractivity (Wildman–Crippen MR) is 290 cm³/mol. The Labute approximate surface area is 404 Å². The zero-order valence-corrected chi connectivity index (χ0v) is 44.4. The number of rotatable bonds is 56. The van der Waals surface area contributed by atoms with Crippen molar-refractivity contribution >= 4 is 5.91 Å². The second kappa shape index (κ2) is 58.0. The van der Waals surface area contributed by atoms with E-state index < -0.39 is 0 Å². The molecule has 0 saturated carbocycles.